The molecule has 0 aliphatic heterocycles. The monoisotopic (exact) mass is 399 g/mol. The Kier molecular flexibility index (Phi) is 5.53. The van der Waals surface area contributed by atoms with Crippen LogP contribution in [0, 0.1) is 6.92 Å². The number of ether oxygens (including phenoxy) is 1. The number of nitrogens with one attached hydrogen (secondary N) is 1. The molecule has 0 saturated carbocycles. The van der Waals surface area contributed by atoms with E-state index < -0.39 is 0 Å². The number of para-hydroxylation sites is 2. The molecule has 1 N–H and O–H groups in total. The van der Waals surface area contributed by atoms with Gasteiger partial charge in [0.25, 0.3) is 5.91 Å². The molecule has 0 aliphatic carbocycles. The van der Waals surface area contributed by atoms with Crippen LogP contribution in [-0.4, -0.2) is 22.6 Å². The fourth-order valence-corrected chi connectivity index (χ4v) is 3.80. The summed E-state index contributed by atoms with van der Waals surface area (Å²) < 4.78 is 7.51. The Morgan fingerprint density at radius 1 is 1.03 bits per heavy atom. The molecule has 0 aliphatic rings. The van der Waals surface area contributed by atoms with Crippen LogP contribution >= 0.6 is 0 Å². The van der Waals surface area contributed by atoms with Crippen molar-refractivity contribution in [3.63, 3.8) is 0 Å². The van der Waals surface area contributed by atoms with E-state index in [2.05, 4.69) is 35.0 Å². The Balaban J connectivity index is 1.62. The Morgan fingerprint density at radius 2 is 1.77 bits per heavy atom. The summed E-state index contributed by atoms with van der Waals surface area (Å²) in [6.45, 7) is 4.55. The first-order valence-electron chi connectivity index (χ1n) is 10.1. The van der Waals surface area contributed by atoms with E-state index >= 15 is 0 Å². The standard InChI is InChI=1S/C25H25N3O2/c1-4-18-9-5-7-11-22(18)28-17(2)27-21-15-19(13-14-23(21)28)25(29)26-16-20-10-6-8-12-24(20)30-3/h5-15H,4,16H2,1-3H3,(H,26,29). The molecule has 5 nitrogen and oxygen atoms in total. The number of carbonyl (C=O) groups is 1. The number of hydrogen-bond acceptors (Lipinski definition) is 3. The van der Waals surface area contributed by atoms with Crippen LogP contribution in [0.5, 0.6) is 5.75 Å². The van der Waals surface area contributed by atoms with Crippen molar-refractivity contribution in [2.75, 3.05) is 7.11 Å². The SMILES string of the molecule is CCc1ccccc1-n1c(C)nc2cc(C(=O)NCc3ccccc3OC)ccc21. The summed E-state index contributed by atoms with van der Waals surface area (Å²) in [4.78, 5) is 17.5. The van der Waals surface area contributed by atoms with Crippen LogP contribution in [-0.2, 0) is 13.0 Å². The smallest absolute Gasteiger partial charge is 0.251 e. The zero-order valence-corrected chi connectivity index (χ0v) is 17.5. The lowest BCUT2D eigenvalue weighted by molar-refractivity contribution is 0.0951. The molecule has 4 rings (SSSR count). The number of amides is 1. The van der Waals surface area contributed by atoms with Gasteiger partial charge in [-0.2, -0.15) is 0 Å². The summed E-state index contributed by atoms with van der Waals surface area (Å²) in [5.74, 6) is 1.53. The minimum atomic E-state index is -0.135. The van der Waals surface area contributed by atoms with Crippen molar-refractivity contribution in [3.05, 3.63) is 89.2 Å². The lowest BCUT2D eigenvalue weighted by Gasteiger charge is -2.12. The van der Waals surface area contributed by atoms with Crippen molar-refractivity contribution in [1.82, 2.24) is 14.9 Å². The van der Waals surface area contributed by atoms with Gasteiger partial charge in [-0.1, -0.05) is 43.3 Å². The number of aromatic nitrogens is 2. The fourth-order valence-electron chi connectivity index (χ4n) is 3.80. The zero-order chi connectivity index (χ0) is 21.1. The number of fused-ring (bicyclic) bond motifs is 1. The number of methoxy groups -OCH3 is 1. The van der Waals surface area contributed by atoms with Gasteiger partial charge in [-0.05, 0) is 49.2 Å². The van der Waals surface area contributed by atoms with Gasteiger partial charge in [-0.25, -0.2) is 4.98 Å². The van der Waals surface area contributed by atoms with E-state index in [0.29, 0.717) is 12.1 Å². The molecule has 1 amide bonds. The average molecular weight is 399 g/mol. The van der Waals surface area contributed by atoms with E-state index in [1.807, 2.05) is 55.5 Å². The summed E-state index contributed by atoms with van der Waals surface area (Å²) in [5.41, 5.74) is 5.72. The van der Waals surface area contributed by atoms with Crippen LogP contribution in [0.2, 0.25) is 0 Å². The quantitative estimate of drug-likeness (QED) is 0.505. The van der Waals surface area contributed by atoms with E-state index in [0.717, 1.165) is 40.3 Å². The highest BCUT2D eigenvalue weighted by Gasteiger charge is 2.14. The predicted molar refractivity (Wildman–Crippen MR) is 119 cm³/mol. The molecular formula is C25H25N3O2. The number of benzene rings is 3. The highest BCUT2D eigenvalue weighted by Crippen LogP contribution is 2.25. The third-order valence-electron chi connectivity index (χ3n) is 5.33. The van der Waals surface area contributed by atoms with Crippen molar-refractivity contribution >= 4 is 16.9 Å². The lowest BCUT2D eigenvalue weighted by atomic mass is 10.1. The second kappa shape index (κ2) is 8.41. The highest BCUT2D eigenvalue weighted by atomic mass is 16.5. The Hall–Kier alpha value is -3.60. The normalized spacial score (nSPS) is 10.9. The molecule has 0 radical (unpaired) electrons. The molecule has 30 heavy (non-hydrogen) atoms. The molecule has 0 fully saturated rings. The first-order chi connectivity index (χ1) is 14.6. The van der Waals surface area contributed by atoms with Gasteiger partial charge in [0.1, 0.15) is 11.6 Å². The number of rotatable bonds is 6. The van der Waals surface area contributed by atoms with Crippen LogP contribution in [0.25, 0.3) is 16.7 Å². The maximum absolute atomic E-state index is 12.7. The molecule has 1 heterocycles. The van der Waals surface area contributed by atoms with Gasteiger partial charge < -0.3 is 10.1 Å². The van der Waals surface area contributed by atoms with Crippen molar-refractivity contribution in [2.45, 2.75) is 26.8 Å². The van der Waals surface area contributed by atoms with Gasteiger partial charge in [0.05, 0.1) is 23.8 Å². The Bertz CT molecular complexity index is 1210. The fraction of sp³-hybridized carbons (Fsp3) is 0.200. The molecular weight excluding hydrogens is 374 g/mol. The van der Waals surface area contributed by atoms with Gasteiger partial charge in [0, 0.05) is 17.7 Å². The molecule has 0 unspecified atom stereocenters. The van der Waals surface area contributed by atoms with Crippen molar-refractivity contribution in [3.8, 4) is 11.4 Å². The van der Waals surface area contributed by atoms with E-state index in [9.17, 15) is 4.79 Å². The van der Waals surface area contributed by atoms with Crippen molar-refractivity contribution in [2.24, 2.45) is 0 Å². The zero-order valence-electron chi connectivity index (χ0n) is 17.5. The number of imidazole rings is 1. The van der Waals surface area contributed by atoms with Crippen LogP contribution in [0.3, 0.4) is 0 Å². The summed E-state index contributed by atoms with van der Waals surface area (Å²) in [7, 11) is 1.63. The second-order valence-electron chi connectivity index (χ2n) is 7.17. The highest BCUT2D eigenvalue weighted by molar-refractivity contribution is 5.97. The van der Waals surface area contributed by atoms with Gasteiger partial charge in [-0.3, -0.25) is 9.36 Å². The van der Waals surface area contributed by atoms with Gasteiger partial charge in [0.15, 0.2) is 0 Å². The van der Waals surface area contributed by atoms with Crippen molar-refractivity contribution in [1.29, 1.82) is 0 Å². The minimum Gasteiger partial charge on any atom is -0.496 e. The van der Waals surface area contributed by atoms with E-state index in [1.165, 1.54) is 5.56 Å². The van der Waals surface area contributed by atoms with Gasteiger partial charge >= 0.3 is 0 Å². The molecule has 0 bridgehead atoms. The Morgan fingerprint density at radius 3 is 2.53 bits per heavy atom. The average Bonchev–Trinajstić information content (AvgIpc) is 3.12. The molecule has 152 valence electrons. The number of nitrogens with zero attached hydrogens (tertiary/aromatic N) is 2. The molecule has 4 aromatic rings. The molecule has 5 heteroatoms. The lowest BCUT2D eigenvalue weighted by Crippen LogP contribution is -2.23. The number of carbonyl (C=O) groups excluding carboxylic acids is 1. The summed E-state index contributed by atoms with van der Waals surface area (Å²) >= 11 is 0. The maximum atomic E-state index is 12.7. The second-order valence-corrected chi connectivity index (χ2v) is 7.17. The molecule has 0 saturated heterocycles. The van der Waals surface area contributed by atoms with Crippen molar-refractivity contribution < 1.29 is 9.53 Å². The summed E-state index contributed by atoms with van der Waals surface area (Å²) in [6, 6.07) is 21.7. The molecule has 0 atom stereocenters. The number of aryl methyl sites for hydroxylation is 2. The van der Waals surface area contributed by atoms with E-state index in [-0.39, 0.29) is 5.91 Å². The van der Waals surface area contributed by atoms with Crippen LogP contribution in [0.1, 0.15) is 34.2 Å². The number of hydrogen-bond donors (Lipinski definition) is 1. The predicted octanol–water partition coefficient (Wildman–Crippen LogP) is 4.83. The summed E-state index contributed by atoms with van der Waals surface area (Å²) in [5, 5.41) is 2.97. The topological polar surface area (TPSA) is 56.2 Å². The van der Waals surface area contributed by atoms with Crippen LogP contribution in [0.15, 0.2) is 66.7 Å². The minimum absolute atomic E-state index is 0.135. The maximum Gasteiger partial charge on any atom is 0.251 e. The van der Waals surface area contributed by atoms with Gasteiger partial charge in [-0.15, -0.1) is 0 Å². The Labute approximate surface area is 176 Å². The van der Waals surface area contributed by atoms with E-state index in [1.54, 1.807) is 7.11 Å². The van der Waals surface area contributed by atoms with Crippen LogP contribution in [0.4, 0.5) is 0 Å². The summed E-state index contributed by atoms with van der Waals surface area (Å²) in [6.07, 6.45) is 0.943. The molecule has 0 spiro atoms. The molecule has 3 aromatic carbocycles. The largest absolute Gasteiger partial charge is 0.496 e. The van der Waals surface area contributed by atoms with E-state index in [4.69, 9.17) is 9.72 Å². The third-order valence-corrected chi connectivity index (χ3v) is 5.33. The molecule has 1 aromatic heterocycles. The third kappa shape index (κ3) is 3.66. The van der Waals surface area contributed by atoms with Crippen LogP contribution < -0.4 is 10.1 Å². The first kappa shape index (κ1) is 19.7. The van der Waals surface area contributed by atoms with Gasteiger partial charge in [0.2, 0.25) is 0 Å². The first-order valence-corrected chi connectivity index (χ1v) is 10.1.